The van der Waals surface area contributed by atoms with Crippen LogP contribution >= 0.6 is 0 Å². The van der Waals surface area contributed by atoms with Crippen LogP contribution < -0.4 is 0 Å². The molecule has 2 aromatic rings. The summed E-state index contributed by atoms with van der Waals surface area (Å²) >= 11 is 0. The van der Waals surface area contributed by atoms with Gasteiger partial charge in [-0.2, -0.15) is 0 Å². The fraction of sp³-hybridized carbons (Fsp3) is 0.455. The first-order chi connectivity index (χ1) is 10.8. The first kappa shape index (κ1) is 17.7. The topological polar surface area (TPSA) is 20.2 Å². The molecule has 0 amide bonds. The Morgan fingerprint density at radius 2 is 1.35 bits per heavy atom. The lowest BCUT2D eigenvalue weighted by molar-refractivity contribution is 0.116. The van der Waals surface area contributed by atoms with Crippen molar-refractivity contribution >= 4 is 0 Å². The third-order valence-corrected chi connectivity index (χ3v) is 4.95. The molecule has 124 valence electrons. The van der Waals surface area contributed by atoms with Gasteiger partial charge in [-0.05, 0) is 42.4 Å². The van der Waals surface area contributed by atoms with Gasteiger partial charge in [-0.3, -0.25) is 0 Å². The monoisotopic (exact) mass is 310 g/mol. The Labute approximate surface area is 141 Å². The van der Waals surface area contributed by atoms with Crippen molar-refractivity contribution in [3.8, 4) is 0 Å². The standard InChI is InChI=1S/C22H30O/c1-16(2)21(23)15-10-18-8-13-20(14-9-18)22(4,5)19-11-6-17(3)7-12-19/h6-9,11-14,16,21,23H,10,15H2,1-5H3. The lowest BCUT2D eigenvalue weighted by Gasteiger charge is -2.26. The summed E-state index contributed by atoms with van der Waals surface area (Å²) in [5, 5.41) is 9.94. The minimum Gasteiger partial charge on any atom is -0.393 e. The van der Waals surface area contributed by atoms with Crippen LogP contribution in [0.3, 0.4) is 0 Å². The van der Waals surface area contributed by atoms with Gasteiger partial charge in [-0.25, -0.2) is 0 Å². The van der Waals surface area contributed by atoms with Gasteiger partial charge in [0.1, 0.15) is 0 Å². The van der Waals surface area contributed by atoms with Crippen LogP contribution in [0.2, 0.25) is 0 Å². The molecule has 0 aliphatic heterocycles. The maximum atomic E-state index is 9.94. The summed E-state index contributed by atoms with van der Waals surface area (Å²) < 4.78 is 0. The zero-order valence-electron chi connectivity index (χ0n) is 15.1. The van der Waals surface area contributed by atoms with Crippen LogP contribution in [-0.2, 0) is 11.8 Å². The predicted octanol–water partition coefficient (Wildman–Crippen LogP) is 5.27. The van der Waals surface area contributed by atoms with E-state index in [-0.39, 0.29) is 11.5 Å². The summed E-state index contributed by atoms with van der Waals surface area (Å²) in [6, 6.07) is 17.7. The zero-order chi connectivity index (χ0) is 17.0. The summed E-state index contributed by atoms with van der Waals surface area (Å²) in [7, 11) is 0. The van der Waals surface area contributed by atoms with E-state index in [1.807, 2.05) is 0 Å². The van der Waals surface area contributed by atoms with Crippen molar-refractivity contribution in [1.82, 2.24) is 0 Å². The Kier molecular flexibility index (Phi) is 5.64. The minimum absolute atomic E-state index is 0.00365. The molecule has 1 atom stereocenters. The van der Waals surface area contributed by atoms with Crippen molar-refractivity contribution in [3.63, 3.8) is 0 Å². The molecule has 1 N–H and O–H groups in total. The Balaban J connectivity index is 2.10. The summed E-state index contributed by atoms with van der Waals surface area (Å²) in [6.45, 7) is 10.8. The Hall–Kier alpha value is -1.60. The molecule has 0 radical (unpaired) electrons. The van der Waals surface area contributed by atoms with E-state index in [0.717, 1.165) is 12.8 Å². The van der Waals surface area contributed by atoms with Crippen molar-refractivity contribution < 1.29 is 5.11 Å². The molecule has 0 fully saturated rings. The van der Waals surface area contributed by atoms with Crippen molar-refractivity contribution in [2.45, 2.75) is 59.0 Å². The maximum absolute atomic E-state index is 9.94. The number of rotatable bonds is 6. The second-order valence-corrected chi connectivity index (χ2v) is 7.54. The third kappa shape index (κ3) is 4.45. The van der Waals surface area contributed by atoms with Crippen LogP contribution in [0.15, 0.2) is 48.5 Å². The summed E-state index contributed by atoms with van der Waals surface area (Å²) in [4.78, 5) is 0. The molecule has 0 saturated carbocycles. The summed E-state index contributed by atoms with van der Waals surface area (Å²) in [5.41, 5.74) is 5.27. The highest BCUT2D eigenvalue weighted by Crippen LogP contribution is 2.31. The smallest absolute Gasteiger partial charge is 0.0566 e. The van der Waals surface area contributed by atoms with Gasteiger partial charge in [-0.1, -0.05) is 81.8 Å². The lowest BCUT2D eigenvalue weighted by Crippen LogP contribution is -2.19. The Bertz CT molecular complexity index is 605. The molecule has 0 heterocycles. The van der Waals surface area contributed by atoms with Crippen LogP contribution in [0.4, 0.5) is 0 Å². The van der Waals surface area contributed by atoms with Crippen molar-refractivity contribution in [1.29, 1.82) is 0 Å². The van der Waals surface area contributed by atoms with Gasteiger partial charge in [0.15, 0.2) is 0 Å². The number of hydrogen-bond donors (Lipinski definition) is 1. The molecule has 1 nitrogen and oxygen atoms in total. The second-order valence-electron chi connectivity index (χ2n) is 7.54. The summed E-state index contributed by atoms with van der Waals surface area (Å²) in [5.74, 6) is 0.328. The van der Waals surface area contributed by atoms with Crippen molar-refractivity contribution in [3.05, 3.63) is 70.8 Å². The van der Waals surface area contributed by atoms with Crippen LogP contribution in [0.1, 0.15) is 56.4 Å². The van der Waals surface area contributed by atoms with Crippen molar-refractivity contribution in [2.24, 2.45) is 5.92 Å². The fourth-order valence-corrected chi connectivity index (χ4v) is 2.87. The van der Waals surface area contributed by atoms with Gasteiger partial charge < -0.3 is 5.11 Å². The Morgan fingerprint density at radius 1 is 0.870 bits per heavy atom. The van der Waals surface area contributed by atoms with Crippen LogP contribution in [0.5, 0.6) is 0 Å². The highest BCUT2D eigenvalue weighted by Gasteiger charge is 2.22. The molecule has 0 saturated heterocycles. The number of aliphatic hydroxyl groups excluding tert-OH is 1. The molecule has 23 heavy (non-hydrogen) atoms. The van der Waals surface area contributed by atoms with E-state index in [2.05, 4.69) is 83.1 Å². The quantitative estimate of drug-likeness (QED) is 0.770. The molecule has 1 unspecified atom stereocenters. The highest BCUT2D eigenvalue weighted by molar-refractivity contribution is 5.39. The molecule has 2 rings (SSSR count). The molecule has 0 spiro atoms. The molecule has 2 aromatic carbocycles. The molecular formula is C22H30O. The Morgan fingerprint density at radius 3 is 1.83 bits per heavy atom. The first-order valence-electron chi connectivity index (χ1n) is 8.65. The maximum Gasteiger partial charge on any atom is 0.0566 e. The third-order valence-electron chi connectivity index (χ3n) is 4.95. The largest absolute Gasteiger partial charge is 0.393 e. The van der Waals surface area contributed by atoms with Crippen molar-refractivity contribution in [2.75, 3.05) is 0 Å². The van der Waals surface area contributed by atoms with Crippen LogP contribution in [0, 0.1) is 12.8 Å². The van der Waals surface area contributed by atoms with Gasteiger partial charge in [-0.15, -0.1) is 0 Å². The van der Waals surface area contributed by atoms with E-state index in [4.69, 9.17) is 0 Å². The lowest BCUT2D eigenvalue weighted by atomic mass is 9.77. The van der Waals surface area contributed by atoms with Crippen LogP contribution in [-0.4, -0.2) is 11.2 Å². The predicted molar refractivity (Wildman–Crippen MR) is 98.9 cm³/mol. The average molecular weight is 310 g/mol. The van der Waals surface area contributed by atoms with Gasteiger partial charge in [0.2, 0.25) is 0 Å². The highest BCUT2D eigenvalue weighted by atomic mass is 16.3. The van der Waals surface area contributed by atoms with E-state index >= 15 is 0 Å². The molecule has 1 heteroatoms. The summed E-state index contributed by atoms with van der Waals surface area (Å²) in [6.07, 6.45) is 1.56. The van der Waals surface area contributed by atoms with Gasteiger partial charge in [0, 0.05) is 5.41 Å². The average Bonchev–Trinajstić information content (AvgIpc) is 2.53. The molecule has 0 aliphatic rings. The fourth-order valence-electron chi connectivity index (χ4n) is 2.87. The number of benzene rings is 2. The molecule has 0 aromatic heterocycles. The van der Waals surface area contributed by atoms with E-state index < -0.39 is 0 Å². The van der Waals surface area contributed by atoms with E-state index in [9.17, 15) is 5.11 Å². The number of aliphatic hydroxyl groups is 1. The van der Waals surface area contributed by atoms with Gasteiger partial charge in [0.05, 0.1) is 6.10 Å². The number of aryl methyl sites for hydroxylation is 2. The van der Waals surface area contributed by atoms with Gasteiger partial charge >= 0.3 is 0 Å². The van der Waals surface area contributed by atoms with Gasteiger partial charge in [0.25, 0.3) is 0 Å². The normalized spacial score (nSPS) is 13.3. The van der Waals surface area contributed by atoms with E-state index in [0.29, 0.717) is 5.92 Å². The second kappa shape index (κ2) is 7.31. The minimum atomic E-state index is -0.210. The van der Waals surface area contributed by atoms with E-state index in [1.165, 1.54) is 22.3 Å². The van der Waals surface area contributed by atoms with E-state index in [1.54, 1.807) is 0 Å². The molecular weight excluding hydrogens is 280 g/mol. The first-order valence-corrected chi connectivity index (χ1v) is 8.65. The molecule has 0 bridgehead atoms. The molecule has 0 aliphatic carbocycles. The van der Waals surface area contributed by atoms with Crippen LogP contribution in [0.25, 0.3) is 0 Å². The number of hydrogen-bond acceptors (Lipinski definition) is 1. The SMILES string of the molecule is Cc1ccc(C(C)(C)c2ccc(CCC(O)C(C)C)cc2)cc1. The zero-order valence-corrected chi connectivity index (χ0v) is 15.1.